The predicted molar refractivity (Wildman–Crippen MR) is 84.4 cm³/mol. The van der Waals surface area contributed by atoms with Gasteiger partial charge < -0.3 is 15.4 Å². The maximum absolute atomic E-state index is 12.6. The molecule has 1 aliphatic rings. The monoisotopic (exact) mass is 296 g/mol. The molecule has 5 heteroatoms. The van der Waals surface area contributed by atoms with Gasteiger partial charge in [0.25, 0.3) is 11.8 Å². The van der Waals surface area contributed by atoms with Gasteiger partial charge in [0.1, 0.15) is 5.75 Å². The van der Waals surface area contributed by atoms with Gasteiger partial charge in [0.05, 0.1) is 11.3 Å². The molecule has 0 saturated heterocycles. The Balaban J connectivity index is 1.95. The molecule has 1 aliphatic heterocycles. The largest absolute Gasteiger partial charge is 0.482 e. The summed E-state index contributed by atoms with van der Waals surface area (Å²) < 4.78 is 5.33. The molecule has 2 aromatic rings. The van der Waals surface area contributed by atoms with Crippen LogP contribution >= 0.6 is 0 Å². The molecule has 2 amide bonds. The first-order valence-electron chi connectivity index (χ1n) is 6.99. The SMILES string of the molecule is Cc1cccc(C)c1NC(=O)c1cccc2c1NC(=O)CO2. The molecule has 0 fully saturated rings. The molecule has 0 radical (unpaired) electrons. The molecule has 2 aromatic carbocycles. The zero-order chi connectivity index (χ0) is 15.7. The molecule has 22 heavy (non-hydrogen) atoms. The average molecular weight is 296 g/mol. The number of aryl methyl sites for hydroxylation is 2. The van der Waals surface area contributed by atoms with Crippen molar-refractivity contribution in [2.24, 2.45) is 0 Å². The molecule has 2 N–H and O–H groups in total. The van der Waals surface area contributed by atoms with E-state index in [1.807, 2.05) is 32.0 Å². The minimum Gasteiger partial charge on any atom is -0.482 e. The highest BCUT2D eigenvalue weighted by Gasteiger charge is 2.22. The first kappa shape index (κ1) is 14.1. The Kier molecular flexibility index (Phi) is 3.55. The standard InChI is InChI=1S/C17H16N2O3/c1-10-5-3-6-11(2)15(10)19-17(21)12-7-4-8-13-16(12)18-14(20)9-22-13/h3-8H,9H2,1-2H3,(H,18,20)(H,19,21). The van der Waals surface area contributed by atoms with Crippen molar-refractivity contribution < 1.29 is 14.3 Å². The van der Waals surface area contributed by atoms with Crippen LogP contribution in [-0.2, 0) is 4.79 Å². The summed E-state index contributed by atoms with van der Waals surface area (Å²) >= 11 is 0. The van der Waals surface area contributed by atoms with Gasteiger partial charge in [0, 0.05) is 5.69 Å². The quantitative estimate of drug-likeness (QED) is 0.895. The lowest BCUT2D eigenvalue weighted by Gasteiger charge is -2.20. The smallest absolute Gasteiger partial charge is 0.262 e. The van der Waals surface area contributed by atoms with Gasteiger partial charge in [-0.25, -0.2) is 0 Å². The highest BCUT2D eigenvalue weighted by Crippen LogP contribution is 2.32. The Labute approximate surface area is 128 Å². The highest BCUT2D eigenvalue weighted by molar-refractivity contribution is 6.12. The number of nitrogens with one attached hydrogen (secondary N) is 2. The Morgan fingerprint density at radius 2 is 1.82 bits per heavy atom. The molecular formula is C17H16N2O3. The van der Waals surface area contributed by atoms with Crippen molar-refractivity contribution in [3.8, 4) is 5.75 Å². The number of hydrogen-bond donors (Lipinski definition) is 2. The Morgan fingerprint density at radius 3 is 2.55 bits per heavy atom. The van der Waals surface area contributed by atoms with Crippen molar-refractivity contribution in [2.75, 3.05) is 17.2 Å². The van der Waals surface area contributed by atoms with Crippen LogP contribution in [-0.4, -0.2) is 18.4 Å². The first-order valence-corrected chi connectivity index (χ1v) is 6.99. The van der Waals surface area contributed by atoms with Crippen molar-refractivity contribution in [3.05, 3.63) is 53.1 Å². The zero-order valence-corrected chi connectivity index (χ0v) is 12.4. The Bertz CT molecular complexity index is 748. The number of carbonyl (C=O) groups excluding carboxylic acids is 2. The summed E-state index contributed by atoms with van der Waals surface area (Å²) in [6.45, 7) is 3.84. The van der Waals surface area contributed by atoms with E-state index in [-0.39, 0.29) is 18.4 Å². The van der Waals surface area contributed by atoms with Crippen LogP contribution in [0.4, 0.5) is 11.4 Å². The minimum atomic E-state index is -0.278. The topological polar surface area (TPSA) is 67.4 Å². The number of ether oxygens (including phenoxy) is 1. The normalized spacial score (nSPS) is 12.9. The summed E-state index contributed by atoms with van der Waals surface area (Å²) in [6.07, 6.45) is 0. The van der Waals surface area contributed by atoms with Gasteiger partial charge in [-0.2, -0.15) is 0 Å². The second kappa shape index (κ2) is 5.52. The molecule has 5 nitrogen and oxygen atoms in total. The summed E-state index contributed by atoms with van der Waals surface area (Å²) in [5, 5.41) is 5.61. The second-order valence-corrected chi connectivity index (χ2v) is 5.24. The summed E-state index contributed by atoms with van der Waals surface area (Å²) in [5.74, 6) is -0.0337. The molecule has 3 rings (SSSR count). The number of amides is 2. The van der Waals surface area contributed by atoms with Gasteiger partial charge in [-0.1, -0.05) is 24.3 Å². The lowest BCUT2D eigenvalue weighted by Crippen LogP contribution is -2.27. The lowest BCUT2D eigenvalue weighted by molar-refractivity contribution is -0.118. The van der Waals surface area contributed by atoms with Gasteiger partial charge >= 0.3 is 0 Å². The van der Waals surface area contributed by atoms with Gasteiger partial charge in [-0.15, -0.1) is 0 Å². The molecule has 0 unspecified atom stereocenters. The van der Waals surface area contributed by atoms with E-state index in [0.29, 0.717) is 17.0 Å². The fourth-order valence-electron chi connectivity index (χ4n) is 2.48. The van der Waals surface area contributed by atoms with Crippen LogP contribution in [0.25, 0.3) is 0 Å². The summed E-state index contributed by atoms with van der Waals surface area (Å²) in [7, 11) is 0. The summed E-state index contributed by atoms with van der Waals surface area (Å²) in [6, 6.07) is 10.9. The van der Waals surface area contributed by atoms with Crippen LogP contribution in [0.2, 0.25) is 0 Å². The third kappa shape index (κ3) is 2.53. The third-order valence-electron chi connectivity index (χ3n) is 3.61. The summed E-state index contributed by atoms with van der Waals surface area (Å²) in [5.41, 5.74) is 3.56. The van der Waals surface area contributed by atoms with E-state index in [4.69, 9.17) is 4.74 Å². The van der Waals surface area contributed by atoms with E-state index in [0.717, 1.165) is 16.8 Å². The van der Waals surface area contributed by atoms with Crippen LogP contribution in [0.1, 0.15) is 21.5 Å². The molecular weight excluding hydrogens is 280 g/mol. The van der Waals surface area contributed by atoms with E-state index in [1.54, 1.807) is 18.2 Å². The fourth-order valence-corrected chi connectivity index (χ4v) is 2.48. The van der Waals surface area contributed by atoms with Crippen molar-refractivity contribution in [1.29, 1.82) is 0 Å². The first-order chi connectivity index (χ1) is 10.6. The van der Waals surface area contributed by atoms with Crippen molar-refractivity contribution in [2.45, 2.75) is 13.8 Å². The average Bonchev–Trinajstić information content (AvgIpc) is 2.50. The zero-order valence-electron chi connectivity index (χ0n) is 12.4. The third-order valence-corrected chi connectivity index (χ3v) is 3.61. The maximum atomic E-state index is 12.6. The van der Waals surface area contributed by atoms with E-state index >= 15 is 0 Å². The van der Waals surface area contributed by atoms with Crippen molar-refractivity contribution in [1.82, 2.24) is 0 Å². The number of rotatable bonds is 2. The maximum Gasteiger partial charge on any atom is 0.262 e. The van der Waals surface area contributed by atoms with E-state index in [2.05, 4.69) is 10.6 Å². The fraction of sp³-hybridized carbons (Fsp3) is 0.176. The van der Waals surface area contributed by atoms with Crippen LogP contribution in [0.3, 0.4) is 0 Å². The lowest BCUT2D eigenvalue weighted by atomic mass is 10.1. The van der Waals surface area contributed by atoms with Gasteiger partial charge in [0.15, 0.2) is 6.61 Å². The predicted octanol–water partition coefficient (Wildman–Crippen LogP) is 2.89. The van der Waals surface area contributed by atoms with Gasteiger partial charge in [0.2, 0.25) is 0 Å². The van der Waals surface area contributed by atoms with Gasteiger partial charge in [-0.3, -0.25) is 9.59 Å². The van der Waals surface area contributed by atoms with Crippen molar-refractivity contribution >= 4 is 23.2 Å². The van der Waals surface area contributed by atoms with Crippen LogP contribution in [0, 0.1) is 13.8 Å². The van der Waals surface area contributed by atoms with Crippen LogP contribution in [0.5, 0.6) is 5.75 Å². The number of hydrogen-bond acceptors (Lipinski definition) is 3. The Hall–Kier alpha value is -2.82. The van der Waals surface area contributed by atoms with Crippen LogP contribution in [0.15, 0.2) is 36.4 Å². The minimum absolute atomic E-state index is 0.0328. The molecule has 0 bridgehead atoms. The highest BCUT2D eigenvalue weighted by atomic mass is 16.5. The number of fused-ring (bicyclic) bond motifs is 1. The number of carbonyl (C=O) groups is 2. The number of para-hydroxylation sites is 2. The summed E-state index contributed by atoms with van der Waals surface area (Å²) in [4.78, 5) is 24.1. The molecule has 0 aliphatic carbocycles. The van der Waals surface area contributed by atoms with Crippen molar-refractivity contribution in [3.63, 3.8) is 0 Å². The van der Waals surface area contributed by atoms with E-state index in [1.165, 1.54) is 0 Å². The molecule has 0 spiro atoms. The molecule has 0 saturated carbocycles. The Morgan fingerprint density at radius 1 is 1.14 bits per heavy atom. The molecule has 112 valence electrons. The second-order valence-electron chi connectivity index (χ2n) is 5.24. The number of benzene rings is 2. The molecule has 1 heterocycles. The van der Waals surface area contributed by atoms with Gasteiger partial charge in [-0.05, 0) is 37.1 Å². The molecule has 0 atom stereocenters. The molecule has 0 aromatic heterocycles. The van der Waals surface area contributed by atoms with E-state index < -0.39 is 0 Å². The van der Waals surface area contributed by atoms with Crippen LogP contribution < -0.4 is 15.4 Å². The van der Waals surface area contributed by atoms with E-state index in [9.17, 15) is 9.59 Å². The number of anilines is 2.